The Bertz CT molecular complexity index is 576. The average molecular weight is 294 g/mol. The van der Waals surface area contributed by atoms with Crippen molar-refractivity contribution in [3.63, 3.8) is 0 Å². The van der Waals surface area contributed by atoms with Crippen molar-refractivity contribution in [3.8, 4) is 0 Å². The quantitative estimate of drug-likeness (QED) is 0.857. The fourth-order valence-corrected chi connectivity index (χ4v) is 2.75. The van der Waals surface area contributed by atoms with E-state index in [1.165, 1.54) is 25.1 Å². The Labute approximate surface area is 109 Å². The van der Waals surface area contributed by atoms with E-state index in [4.69, 9.17) is 0 Å². The van der Waals surface area contributed by atoms with E-state index >= 15 is 0 Å². The topological polar surface area (TPSA) is 51.2 Å². The highest BCUT2D eigenvalue weighted by Gasteiger charge is 2.48. The molecule has 0 heterocycles. The van der Waals surface area contributed by atoms with Crippen LogP contribution in [0.5, 0.6) is 0 Å². The Kier molecular flexibility index (Phi) is 4.39. The average Bonchev–Trinajstić information content (AvgIpc) is 2.35. The first-order valence-corrected chi connectivity index (χ1v) is 7.04. The van der Waals surface area contributed by atoms with Gasteiger partial charge < -0.3 is 0 Å². The van der Waals surface area contributed by atoms with Gasteiger partial charge in [0, 0.05) is 12.3 Å². The van der Waals surface area contributed by atoms with E-state index in [0.717, 1.165) is 6.07 Å². The molecule has 0 saturated heterocycles. The van der Waals surface area contributed by atoms with Crippen molar-refractivity contribution in [2.45, 2.75) is 36.6 Å². The molecule has 0 radical (unpaired) electrons. The summed E-state index contributed by atoms with van der Waals surface area (Å²) in [7, 11) is -5.45. The maximum Gasteiger partial charge on any atom is 0.501 e. The number of hydrogen-bond donors (Lipinski definition) is 0. The molecule has 0 spiro atoms. The van der Waals surface area contributed by atoms with E-state index in [-0.39, 0.29) is 17.8 Å². The standard InChI is InChI=1S/C12H13F3O3S/c1-3-10(16)8(2)9-6-4-5-7-11(9)19(17,18)12(13,14)15/h4-8H,3H2,1-2H3. The lowest BCUT2D eigenvalue weighted by molar-refractivity contribution is -0.119. The predicted molar refractivity (Wildman–Crippen MR) is 63.4 cm³/mol. The maximum absolute atomic E-state index is 12.6. The molecule has 1 atom stereocenters. The van der Waals surface area contributed by atoms with Gasteiger partial charge in [-0.2, -0.15) is 13.2 Å². The molecule has 3 nitrogen and oxygen atoms in total. The Hall–Kier alpha value is -1.37. The van der Waals surface area contributed by atoms with Crippen LogP contribution in [0.1, 0.15) is 31.7 Å². The second-order valence-electron chi connectivity index (χ2n) is 4.03. The van der Waals surface area contributed by atoms with Crippen LogP contribution >= 0.6 is 0 Å². The zero-order valence-electron chi connectivity index (χ0n) is 10.4. The van der Waals surface area contributed by atoms with Gasteiger partial charge in [-0.25, -0.2) is 8.42 Å². The third-order valence-electron chi connectivity index (χ3n) is 2.81. The van der Waals surface area contributed by atoms with E-state index in [1.54, 1.807) is 6.92 Å². The van der Waals surface area contributed by atoms with Crippen LogP contribution in [-0.4, -0.2) is 19.7 Å². The second-order valence-corrected chi connectivity index (χ2v) is 5.94. The maximum atomic E-state index is 12.6. The normalized spacial score (nSPS) is 14.2. The molecule has 7 heteroatoms. The van der Waals surface area contributed by atoms with Crippen molar-refractivity contribution in [2.24, 2.45) is 0 Å². The molecule has 1 aromatic carbocycles. The Morgan fingerprint density at radius 1 is 1.26 bits per heavy atom. The molecule has 0 aliphatic rings. The summed E-state index contributed by atoms with van der Waals surface area (Å²) in [4.78, 5) is 10.7. The summed E-state index contributed by atoms with van der Waals surface area (Å²) < 4.78 is 60.6. The molecule has 0 N–H and O–H groups in total. The van der Waals surface area contributed by atoms with Crippen LogP contribution in [0.2, 0.25) is 0 Å². The number of carbonyl (C=O) groups excluding carboxylic acids is 1. The number of alkyl halides is 3. The van der Waals surface area contributed by atoms with Gasteiger partial charge in [0.15, 0.2) is 0 Å². The first kappa shape index (κ1) is 15.7. The summed E-state index contributed by atoms with van der Waals surface area (Å²) in [5, 5.41) is 0. The van der Waals surface area contributed by atoms with Crippen LogP contribution in [-0.2, 0) is 14.6 Å². The molecule has 0 aromatic heterocycles. The van der Waals surface area contributed by atoms with Crippen molar-refractivity contribution in [1.29, 1.82) is 0 Å². The first-order valence-electron chi connectivity index (χ1n) is 5.56. The number of carbonyl (C=O) groups is 1. The van der Waals surface area contributed by atoms with E-state index < -0.39 is 26.2 Å². The lowest BCUT2D eigenvalue weighted by atomic mass is 9.95. The molecule has 0 amide bonds. The SMILES string of the molecule is CCC(=O)C(C)c1ccccc1S(=O)(=O)C(F)(F)F. The molecule has 0 bridgehead atoms. The summed E-state index contributed by atoms with van der Waals surface area (Å²) >= 11 is 0. The molecule has 0 aliphatic heterocycles. The van der Waals surface area contributed by atoms with Gasteiger partial charge >= 0.3 is 5.51 Å². The van der Waals surface area contributed by atoms with Gasteiger partial charge in [0.1, 0.15) is 5.78 Å². The molecule has 0 saturated carbocycles. The van der Waals surface area contributed by atoms with Crippen LogP contribution in [0.3, 0.4) is 0 Å². The monoisotopic (exact) mass is 294 g/mol. The van der Waals surface area contributed by atoms with Crippen LogP contribution in [0.25, 0.3) is 0 Å². The number of benzene rings is 1. The van der Waals surface area contributed by atoms with E-state index in [2.05, 4.69) is 0 Å². The number of Topliss-reactive ketones (excluding diaryl/α,β-unsaturated/α-hetero) is 1. The van der Waals surface area contributed by atoms with Crippen molar-refractivity contribution < 1.29 is 26.4 Å². The van der Waals surface area contributed by atoms with Crippen molar-refractivity contribution in [2.75, 3.05) is 0 Å². The Balaban J connectivity index is 3.44. The minimum atomic E-state index is -5.45. The van der Waals surface area contributed by atoms with Crippen LogP contribution in [0, 0.1) is 0 Å². The molecule has 1 rings (SSSR count). The summed E-state index contributed by atoms with van der Waals surface area (Å²) in [5.74, 6) is -1.21. The molecule has 1 unspecified atom stereocenters. The lowest BCUT2D eigenvalue weighted by Crippen LogP contribution is -2.25. The number of sulfone groups is 1. The Morgan fingerprint density at radius 3 is 2.26 bits per heavy atom. The Morgan fingerprint density at radius 2 is 1.79 bits per heavy atom. The third-order valence-corrected chi connectivity index (χ3v) is 4.37. The van der Waals surface area contributed by atoms with Gasteiger partial charge in [-0.1, -0.05) is 32.0 Å². The number of ketones is 1. The number of hydrogen-bond acceptors (Lipinski definition) is 3. The highest BCUT2D eigenvalue weighted by atomic mass is 32.2. The fraction of sp³-hybridized carbons (Fsp3) is 0.417. The van der Waals surface area contributed by atoms with E-state index in [1.807, 2.05) is 0 Å². The zero-order valence-corrected chi connectivity index (χ0v) is 11.2. The van der Waals surface area contributed by atoms with Crippen LogP contribution in [0.15, 0.2) is 29.2 Å². The molecule has 0 aliphatic carbocycles. The van der Waals surface area contributed by atoms with Crippen molar-refractivity contribution >= 4 is 15.6 Å². The van der Waals surface area contributed by atoms with Crippen molar-refractivity contribution in [3.05, 3.63) is 29.8 Å². The van der Waals surface area contributed by atoms with Gasteiger partial charge in [-0.05, 0) is 11.6 Å². The predicted octanol–water partition coefficient (Wildman–Crippen LogP) is 3.06. The fourth-order valence-electron chi connectivity index (χ4n) is 1.69. The number of halogens is 3. The molecular formula is C12H13F3O3S. The number of rotatable bonds is 4. The molecular weight excluding hydrogens is 281 g/mol. The van der Waals surface area contributed by atoms with E-state index in [0.29, 0.717) is 0 Å². The summed E-state index contributed by atoms with van der Waals surface area (Å²) in [5.41, 5.74) is -5.50. The van der Waals surface area contributed by atoms with Crippen LogP contribution in [0.4, 0.5) is 13.2 Å². The summed E-state index contributed by atoms with van der Waals surface area (Å²) in [6.45, 7) is 2.97. The highest BCUT2D eigenvalue weighted by molar-refractivity contribution is 7.92. The minimum Gasteiger partial charge on any atom is -0.299 e. The molecule has 1 aromatic rings. The van der Waals surface area contributed by atoms with Crippen LogP contribution < -0.4 is 0 Å². The largest absolute Gasteiger partial charge is 0.501 e. The first-order chi connectivity index (χ1) is 8.63. The third kappa shape index (κ3) is 2.97. The van der Waals surface area contributed by atoms with Gasteiger partial charge in [0.25, 0.3) is 9.84 Å². The lowest BCUT2D eigenvalue weighted by Gasteiger charge is -2.16. The minimum absolute atomic E-state index is 0.119. The second kappa shape index (κ2) is 5.32. The zero-order chi connectivity index (χ0) is 14.8. The summed E-state index contributed by atoms with van der Waals surface area (Å²) in [6.07, 6.45) is 0.127. The van der Waals surface area contributed by atoms with Gasteiger partial charge in [0.2, 0.25) is 0 Å². The molecule has 19 heavy (non-hydrogen) atoms. The molecule has 0 fully saturated rings. The molecule has 106 valence electrons. The van der Waals surface area contributed by atoms with Gasteiger partial charge in [-0.3, -0.25) is 4.79 Å². The van der Waals surface area contributed by atoms with Gasteiger partial charge in [-0.15, -0.1) is 0 Å². The van der Waals surface area contributed by atoms with Crippen molar-refractivity contribution in [1.82, 2.24) is 0 Å². The van der Waals surface area contributed by atoms with E-state index in [9.17, 15) is 26.4 Å². The van der Waals surface area contributed by atoms with Gasteiger partial charge in [0.05, 0.1) is 4.90 Å². The smallest absolute Gasteiger partial charge is 0.299 e. The highest BCUT2D eigenvalue weighted by Crippen LogP contribution is 2.35. The summed E-state index contributed by atoms with van der Waals surface area (Å²) in [6, 6.07) is 4.71.